The van der Waals surface area contributed by atoms with Gasteiger partial charge in [-0.3, -0.25) is 4.79 Å². The van der Waals surface area contributed by atoms with Crippen molar-refractivity contribution >= 4 is 11.9 Å². The maximum absolute atomic E-state index is 13.5. The molecule has 2 aromatic rings. The van der Waals surface area contributed by atoms with E-state index in [1.807, 2.05) is 32.1 Å². The molecule has 2 aromatic carbocycles. The van der Waals surface area contributed by atoms with Crippen LogP contribution in [0.4, 0.5) is 0 Å². The smallest absolute Gasteiger partial charge is 0.178 e. The zero-order valence-electron chi connectivity index (χ0n) is 16.8. The molecule has 0 amide bonds. The van der Waals surface area contributed by atoms with E-state index >= 15 is 0 Å². The molecule has 3 aliphatic heterocycles. The summed E-state index contributed by atoms with van der Waals surface area (Å²) in [5, 5.41) is 0. The van der Waals surface area contributed by atoms with Crippen LogP contribution >= 0.6 is 0 Å². The first-order valence-corrected chi connectivity index (χ1v) is 9.56. The molecule has 0 saturated heterocycles. The lowest BCUT2D eigenvalue weighted by atomic mass is 9.81. The third-order valence-corrected chi connectivity index (χ3v) is 5.62. The number of Topliss-reactive ketones (excluding diaryl/α,β-unsaturated/α-hetero) is 1. The van der Waals surface area contributed by atoms with Gasteiger partial charge in [-0.15, -0.1) is 0 Å². The number of ether oxygens (including phenoxy) is 5. The predicted molar refractivity (Wildman–Crippen MR) is 107 cm³/mol. The molecule has 0 spiro atoms. The number of carbonyl (C=O) groups is 1. The number of ketones is 1. The van der Waals surface area contributed by atoms with Crippen LogP contribution in [0.15, 0.2) is 30.3 Å². The van der Waals surface area contributed by atoms with Crippen LogP contribution in [0.2, 0.25) is 0 Å². The highest BCUT2D eigenvalue weighted by Gasteiger charge is 2.45. The van der Waals surface area contributed by atoms with Crippen LogP contribution in [0.3, 0.4) is 0 Å². The lowest BCUT2D eigenvalue weighted by Crippen LogP contribution is -2.43. The molecule has 0 bridgehead atoms. The first-order chi connectivity index (χ1) is 13.9. The third-order valence-electron chi connectivity index (χ3n) is 5.62. The highest BCUT2D eigenvalue weighted by atomic mass is 16.5. The number of fused-ring (bicyclic) bond motifs is 6. The Hall–Kier alpha value is -3.15. The van der Waals surface area contributed by atoms with E-state index in [9.17, 15) is 4.79 Å². The predicted octanol–water partition coefficient (Wildman–Crippen LogP) is 4.01. The maximum Gasteiger partial charge on any atom is 0.178 e. The summed E-state index contributed by atoms with van der Waals surface area (Å²) in [6.45, 7) is 4.25. The summed E-state index contributed by atoms with van der Waals surface area (Å²) in [5.41, 5.74) is 1.71. The molecule has 0 unspecified atom stereocenters. The molecule has 150 valence electrons. The van der Waals surface area contributed by atoms with E-state index in [1.54, 1.807) is 32.4 Å². The normalized spacial score (nSPS) is 22.7. The molecule has 0 N–H and O–H groups in total. The van der Waals surface area contributed by atoms with Gasteiger partial charge < -0.3 is 23.7 Å². The van der Waals surface area contributed by atoms with E-state index in [0.717, 1.165) is 11.1 Å². The van der Waals surface area contributed by atoms with Gasteiger partial charge in [0.1, 0.15) is 35.6 Å². The molecule has 6 heteroatoms. The Balaban J connectivity index is 1.61. The number of benzene rings is 2. The summed E-state index contributed by atoms with van der Waals surface area (Å²) >= 11 is 0. The Kier molecular flexibility index (Phi) is 3.81. The van der Waals surface area contributed by atoms with Crippen LogP contribution in [-0.4, -0.2) is 38.3 Å². The second-order valence-corrected chi connectivity index (χ2v) is 7.95. The molecular weight excluding hydrogens is 372 g/mol. The van der Waals surface area contributed by atoms with Gasteiger partial charge in [-0.05, 0) is 44.2 Å². The van der Waals surface area contributed by atoms with Crippen molar-refractivity contribution < 1.29 is 28.5 Å². The zero-order chi connectivity index (χ0) is 20.3. The first-order valence-electron chi connectivity index (χ1n) is 9.56. The number of carbonyl (C=O) groups excluding carboxylic acids is 1. The molecule has 0 aromatic heterocycles. The van der Waals surface area contributed by atoms with E-state index < -0.39 is 17.6 Å². The lowest BCUT2D eigenvalue weighted by molar-refractivity contribution is 0.0553. The monoisotopic (exact) mass is 394 g/mol. The Morgan fingerprint density at radius 3 is 2.59 bits per heavy atom. The molecular formula is C23H22O6. The van der Waals surface area contributed by atoms with Crippen molar-refractivity contribution in [3.8, 4) is 28.7 Å². The minimum atomic E-state index is -0.464. The van der Waals surface area contributed by atoms with Crippen molar-refractivity contribution in [1.82, 2.24) is 0 Å². The standard InChI is InChI=1S/C23H22O6/c1-23(2)8-7-12-15(29-23)6-5-13-21(24)20-14-9-17(25-3)18(26-4)10-16(14)27-11-19(20)28-22(12)13/h5-10,19-20H,11H2,1-4H3/t19-,20-/m0/s1. The molecule has 5 rings (SSSR count). The van der Waals surface area contributed by atoms with Gasteiger partial charge in [0.2, 0.25) is 0 Å². The van der Waals surface area contributed by atoms with Crippen molar-refractivity contribution in [3.63, 3.8) is 0 Å². The number of hydrogen-bond donors (Lipinski definition) is 0. The van der Waals surface area contributed by atoms with Crippen LogP contribution in [0, 0.1) is 0 Å². The molecule has 0 radical (unpaired) electrons. The van der Waals surface area contributed by atoms with Gasteiger partial charge in [0.25, 0.3) is 0 Å². The number of rotatable bonds is 2. The fourth-order valence-corrected chi connectivity index (χ4v) is 4.19. The van der Waals surface area contributed by atoms with Gasteiger partial charge in [-0.2, -0.15) is 0 Å². The van der Waals surface area contributed by atoms with Gasteiger partial charge in [0, 0.05) is 11.6 Å². The summed E-state index contributed by atoms with van der Waals surface area (Å²) in [5.74, 6) is 2.56. The topological polar surface area (TPSA) is 63.2 Å². The van der Waals surface area contributed by atoms with Crippen molar-refractivity contribution in [2.45, 2.75) is 31.5 Å². The lowest BCUT2D eigenvalue weighted by Gasteiger charge is -2.38. The van der Waals surface area contributed by atoms with Crippen molar-refractivity contribution in [2.75, 3.05) is 20.8 Å². The fourth-order valence-electron chi connectivity index (χ4n) is 4.19. The van der Waals surface area contributed by atoms with Gasteiger partial charge in [-0.25, -0.2) is 0 Å². The van der Waals surface area contributed by atoms with Gasteiger partial charge in [-0.1, -0.05) is 0 Å². The SMILES string of the molecule is COc1cc2c(cc1OC)[C@@H]1C(=O)c3ccc4c(c3O[C@H]1CO2)C=CC(C)(C)O4. The Morgan fingerprint density at radius 2 is 1.83 bits per heavy atom. The van der Waals surface area contributed by atoms with E-state index in [2.05, 4.69) is 0 Å². The van der Waals surface area contributed by atoms with Gasteiger partial charge in [0.15, 0.2) is 17.3 Å². The van der Waals surface area contributed by atoms with E-state index in [-0.39, 0.29) is 12.4 Å². The molecule has 0 aliphatic carbocycles. The molecule has 29 heavy (non-hydrogen) atoms. The molecule has 2 atom stereocenters. The first kappa shape index (κ1) is 17.9. The molecule has 0 saturated carbocycles. The van der Waals surface area contributed by atoms with E-state index in [1.165, 1.54) is 0 Å². The minimum absolute atomic E-state index is 0.00838. The minimum Gasteiger partial charge on any atom is -0.493 e. The molecule has 6 nitrogen and oxygen atoms in total. The van der Waals surface area contributed by atoms with Crippen LogP contribution in [0.1, 0.15) is 41.3 Å². The summed E-state index contributed by atoms with van der Waals surface area (Å²) < 4.78 is 29.0. The molecule has 3 heterocycles. The summed E-state index contributed by atoms with van der Waals surface area (Å²) in [4.78, 5) is 13.5. The average Bonchev–Trinajstić information content (AvgIpc) is 2.71. The Bertz CT molecular complexity index is 1050. The summed E-state index contributed by atoms with van der Waals surface area (Å²) in [6.07, 6.45) is 3.52. The van der Waals surface area contributed by atoms with Crippen molar-refractivity contribution in [2.24, 2.45) is 0 Å². The third kappa shape index (κ3) is 2.66. The highest BCUT2D eigenvalue weighted by Crippen LogP contribution is 2.49. The van der Waals surface area contributed by atoms with E-state index in [4.69, 9.17) is 23.7 Å². The van der Waals surface area contributed by atoms with Crippen LogP contribution in [0.25, 0.3) is 6.08 Å². The maximum atomic E-state index is 13.5. The second kappa shape index (κ2) is 6.17. The van der Waals surface area contributed by atoms with Gasteiger partial charge >= 0.3 is 0 Å². The number of methoxy groups -OCH3 is 2. The van der Waals surface area contributed by atoms with E-state index in [0.29, 0.717) is 34.3 Å². The highest BCUT2D eigenvalue weighted by molar-refractivity contribution is 6.06. The van der Waals surface area contributed by atoms with Crippen LogP contribution < -0.4 is 23.7 Å². The average molecular weight is 394 g/mol. The summed E-state index contributed by atoms with van der Waals surface area (Å²) in [6, 6.07) is 7.20. The largest absolute Gasteiger partial charge is 0.493 e. The fraction of sp³-hybridized carbons (Fsp3) is 0.348. The Morgan fingerprint density at radius 1 is 1.07 bits per heavy atom. The number of hydrogen-bond acceptors (Lipinski definition) is 6. The Labute approximate surface area is 169 Å². The quantitative estimate of drug-likeness (QED) is 0.767. The van der Waals surface area contributed by atoms with Gasteiger partial charge in [0.05, 0.1) is 31.3 Å². The molecule has 3 aliphatic rings. The molecule has 0 fully saturated rings. The van der Waals surface area contributed by atoms with Crippen molar-refractivity contribution in [1.29, 1.82) is 0 Å². The van der Waals surface area contributed by atoms with Crippen LogP contribution in [0.5, 0.6) is 28.7 Å². The zero-order valence-corrected chi connectivity index (χ0v) is 16.8. The second-order valence-electron chi connectivity index (χ2n) is 7.95. The van der Waals surface area contributed by atoms with Crippen molar-refractivity contribution in [3.05, 3.63) is 47.0 Å². The van der Waals surface area contributed by atoms with Crippen LogP contribution in [-0.2, 0) is 0 Å². The summed E-state index contributed by atoms with van der Waals surface area (Å²) in [7, 11) is 3.14.